The first-order valence-electron chi connectivity index (χ1n) is 5.21. The number of anilines is 1. The molecule has 0 aliphatic heterocycles. The van der Waals surface area contributed by atoms with Gasteiger partial charge in [0.25, 0.3) is 0 Å². The first-order valence-corrected chi connectivity index (χ1v) is 6.79. The number of thiazole rings is 1. The molecule has 0 saturated carbocycles. The van der Waals surface area contributed by atoms with Crippen LogP contribution in [0.1, 0.15) is 11.9 Å². The Balaban J connectivity index is 2.52. The molecule has 7 heteroatoms. The normalized spacial score (nSPS) is 10.7. The van der Waals surface area contributed by atoms with Gasteiger partial charge in [0, 0.05) is 0 Å². The third-order valence-corrected chi connectivity index (χ3v) is 3.76. The standard InChI is InChI=1S/C11H10Cl2N2O2S/c1-3-17-11(16)15-9-7(13)4-6(12)8-10(9)18-5(2)14-8/h4H,3H2,1-2H3,(H,15,16). The lowest BCUT2D eigenvalue weighted by molar-refractivity contribution is 0.168. The molecule has 1 amide bonds. The molecule has 4 nitrogen and oxygen atoms in total. The smallest absolute Gasteiger partial charge is 0.411 e. The second-order valence-electron chi connectivity index (χ2n) is 3.47. The van der Waals surface area contributed by atoms with Crippen molar-refractivity contribution in [1.82, 2.24) is 4.98 Å². The SMILES string of the molecule is CCOC(=O)Nc1c(Cl)cc(Cl)c2nc(C)sc12. The highest BCUT2D eigenvalue weighted by Gasteiger charge is 2.16. The molecule has 0 aliphatic carbocycles. The van der Waals surface area contributed by atoms with E-state index in [1.165, 1.54) is 11.3 Å². The summed E-state index contributed by atoms with van der Waals surface area (Å²) in [5, 5.41) is 4.29. The zero-order valence-electron chi connectivity index (χ0n) is 9.71. The van der Waals surface area contributed by atoms with Crippen LogP contribution in [-0.4, -0.2) is 17.7 Å². The number of aryl methyl sites for hydroxylation is 1. The molecule has 0 atom stereocenters. The predicted octanol–water partition coefficient (Wildman–Crippen LogP) is 4.48. The molecule has 1 aromatic carbocycles. The molecule has 0 aliphatic rings. The molecule has 2 rings (SSSR count). The Labute approximate surface area is 118 Å². The molecule has 0 unspecified atom stereocenters. The van der Waals surface area contributed by atoms with Gasteiger partial charge in [-0.2, -0.15) is 0 Å². The van der Waals surface area contributed by atoms with Crippen LogP contribution in [-0.2, 0) is 4.74 Å². The minimum atomic E-state index is -0.547. The van der Waals surface area contributed by atoms with E-state index in [2.05, 4.69) is 10.3 Å². The Kier molecular flexibility index (Phi) is 3.94. The number of hydrogen-bond acceptors (Lipinski definition) is 4. The Hall–Kier alpha value is -1.04. The summed E-state index contributed by atoms with van der Waals surface area (Å²) < 4.78 is 5.58. The van der Waals surface area contributed by atoms with E-state index in [1.54, 1.807) is 13.0 Å². The van der Waals surface area contributed by atoms with Crippen LogP contribution in [0.5, 0.6) is 0 Å². The van der Waals surface area contributed by atoms with Crippen LogP contribution in [0, 0.1) is 6.92 Å². The summed E-state index contributed by atoms with van der Waals surface area (Å²) in [6, 6.07) is 1.56. The van der Waals surface area contributed by atoms with Crippen molar-refractivity contribution in [3.8, 4) is 0 Å². The fourth-order valence-electron chi connectivity index (χ4n) is 1.50. The Morgan fingerprint density at radius 3 is 2.89 bits per heavy atom. The maximum Gasteiger partial charge on any atom is 0.411 e. The summed E-state index contributed by atoms with van der Waals surface area (Å²) in [6.07, 6.45) is -0.547. The van der Waals surface area contributed by atoms with E-state index >= 15 is 0 Å². The number of nitrogens with zero attached hydrogens (tertiary/aromatic N) is 1. The Morgan fingerprint density at radius 2 is 2.22 bits per heavy atom. The minimum Gasteiger partial charge on any atom is -0.450 e. The first-order chi connectivity index (χ1) is 8.52. The third-order valence-electron chi connectivity index (χ3n) is 2.18. The van der Waals surface area contributed by atoms with Gasteiger partial charge in [-0.3, -0.25) is 5.32 Å². The molecule has 0 fully saturated rings. The van der Waals surface area contributed by atoms with Crippen LogP contribution >= 0.6 is 34.5 Å². The second kappa shape index (κ2) is 5.30. The second-order valence-corrected chi connectivity index (χ2v) is 5.49. The van der Waals surface area contributed by atoms with Crippen molar-refractivity contribution >= 4 is 56.5 Å². The molecular weight excluding hydrogens is 295 g/mol. The van der Waals surface area contributed by atoms with Gasteiger partial charge in [-0.1, -0.05) is 23.2 Å². The zero-order valence-corrected chi connectivity index (χ0v) is 12.0. The highest BCUT2D eigenvalue weighted by atomic mass is 35.5. The number of hydrogen-bond donors (Lipinski definition) is 1. The molecule has 0 bridgehead atoms. The first kappa shape index (κ1) is 13.4. The lowest BCUT2D eigenvalue weighted by Crippen LogP contribution is -2.13. The summed E-state index contributed by atoms with van der Waals surface area (Å²) in [7, 11) is 0. The van der Waals surface area contributed by atoms with Gasteiger partial charge in [0.05, 0.1) is 32.0 Å². The fraction of sp³-hybridized carbons (Fsp3) is 0.273. The Bertz CT molecular complexity index is 613. The van der Waals surface area contributed by atoms with E-state index in [0.29, 0.717) is 27.9 Å². The summed E-state index contributed by atoms with van der Waals surface area (Å²) >= 11 is 13.6. The average Bonchev–Trinajstić information content (AvgIpc) is 2.67. The summed E-state index contributed by atoms with van der Waals surface area (Å²) in [5.74, 6) is 0. The largest absolute Gasteiger partial charge is 0.450 e. The summed E-state index contributed by atoms with van der Waals surface area (Å²) in [4.78, 5) is 15.8. The number of ether oxygens (including phenoxy) is 1. The van der Waals surface area contributed by atoms with Crippen molar-refractivity contribution in [3.63, 3.8) is 0 Å². The van der Waals surface area contributed by atoms with Gasteiger partial charge >= 0.3 is 6.09 Å². The summed E-state index contributed by atoms with van der Waals surface area (Å²) in [5.41, 5.74) is 1.12. The zero-order chi connectivity index (χ0) is 13.3. The molecule has 0 radical (unpaired) electrons. The fourth-order valence-corrected chi connectivity index (χ4v) is 3.12. The van der Waals surface area contributed by atoms with Crippen molar-refractivity contribution in [2.24, 2.45) is 0 Å². The van der Waals surface area contributed by atoms with E-state index in [1.807, 2.05) is 6.92 Å². The number of aromatic nitrogens is 1. The van der Waals surface area contributed by atoms with Gasteiger partial charge in [-0.05, 0) is 19.9 Å². The van der Waals surface area contributed by atoms with Gasteiger partial charge in [-0.15, -0.1) is 11.3 Å². The van der Waals surface area contributed by atoms with Crippen molar-refractivity contribution in [1.29, 1.82) is 0 Å². The van der Waals surface area contributed by atoms with E-state index in [-0.39, 0.29) is 0 Å². The number of carbonyl (C=O) groups is 1. The molecule has 0 saturated heterocycles. The number of halogens is 2. The molecule has 96 valence electrons. The van der Waals surface area contributed by atoms with Gasteiger partial charge in [-0.25, -0.2) is 9.78 Å². The number of benzene rings is 1. The van der Waals surface area contributed by atoms with Gasteiger partial charge in [0.15, 0.2) is 0 Å². The van der Waals surface area contributed by atoms with E-state index in [0.717, 1.165) is 9.71 Å². The van der Waals surface area contributed by atoms with Gasteiger partial charge in [0.2, 0.25) is 0 Å². The van der Waals surface area contributed by atoms with Crippen molar-refractivity contribution in [2.45, 2.75) is 13.8 Å². The van der Waals surface area contributed by atoms with E-state index in [9.17, 15) is 4.79 Å². The van der Waals surface area contributed by atoms with E-state index < -0.39 is 6.09 Å². The van der Waals surface area contributed by atoms with Gasteiger partial charge in [0.1, 0.15) is 5.52 Å². The number of amides is 1. The monoisotopic (exact) mass is 304 g/mol. The van der Waals surface area contributed by atoms with Crippen LogP contribution in [0.25, 0.3) is 10.2 Å². The number of rotatable bonds is 2. The molecule has 2 aromatic rings. The Morgan fingerprint density at radius 1 is 1.50 bits per heavy atom. The maximum absolute atomic E-state index is 11.5. The van der Waals surface area contributed by atoms with Crippen LogP contribution in [0.4, 0.5) is 10.5 Å². The molecule has 18 heavy (non-hydrogen) atoms. The third kappa shape index (κ3) is 2.53. The number of nitrogens with one attached hydrogen (secondary N) is 1. The molecular formula is C11H10Cl2N2O2S. The topological polar surface area (TPSA) is 51.2 Å². The highest BCUT2D eigenvalue weighted by molar-refractivity contribution is 7.19. The molecule has 1 N–H and O–H groups in total. The quantitative estimate of drug-likeness (QED) is 0.890. The minimum absolute atomic E-state index is 0.294. The summed E-state index contributed by atoms with van der Waals surface area (Å²) in [6.45, 7) is 3.89. The molecule has 1 heterocycles. The van der Waals surface area contributed by atoms with Crippen molar-refractivity contribution < 1.29 is 9.53 Å². The van der Waals surface area contributed by atoms with Crippen LogP contribution in [0.2, 0.25) is 10.0 Å². The molecule has 0 spiro atoms. The average molecular weight is 305 g/mol. The van der Waals surface area contributed by atoms with Crippen LogP contribution in [0.15, 0.2) is 6.07 Å². The van der Waals surface area contributed by atoms with Gasteiger partial charge < -0.3 is 4.74 Å². The van der Waals surface area contributed by atoms with E-state index in [4.69, 9.17) is 27.9 Å². The lowest BCUT2D eigenvalue weighted by Gasteiger charge is -2.08. The van der Waals surface area contributed by atoms with Crippen molar-refractivity contribution in [2.75, 3.05) is 11.9 Å². The lowest BCUT2D eigenvalue weighted by atomic mass is 10.3. The number of fused-ring (bicyclic) bond motifs is 1. The highest BCUT2D eigenvalue weighted by Crippen LogP contribution is 2.39. The maximum atomic E-state index is 11.5. The number of carbonyl (C=O) groups excluding carboxylic acids is 1. The predicted molar refractivity (Wildman–Crippen MR) is 75.0 cm³/mol. The van der Waals surface area contributed by atoms with Crippen molar-refractivity contribution in [3.05, 3.63) is 21.1 Å². The van der Waals surface area contributed by atoms with Crippen LogP contribution in [0.3, 0.4) is 0 Å². The van der Waals surface area contributed by atoms with Crippen LogP contribution < -0.4 is 5.32 Å². The molecule has 1 aromatic heterocycles.